The Labute approximate surface area is 128 Å². The number of aromatic nitrogens is 1. The molecule has 1 aromatic heterocycles. The Morgan fingerprint density at radius 2 is 2.20 bits per heavy atom. The van der Waals surface area contributed by atoms with Crippen molar-refractivity contribution in [3.8, 4) is 0 Å². The third-order valence-electron chi connectivity index (χ3n) is 2.56. The van der Waals surface area contributed by atoms with Crippen molar-refractivity contribution in [1.29, 1.82) is 0 Å². The number of rotatable bonds is 7. The van der Waals surface area contributed by atoms with E-state index < -0.39 is 0 Å². The molecule has 0 saturated heterocycles. The van der Waals surface area contributed by atoms with Gasteiger partial charge in [-0.25, -0.2) is 4.98 Å². The first kappa shape index (κ1) is 16.9. The lowest BCUT2D eigenvalue weighted by Gasteiger charge is -2.16. The quantitative estimate of drug-likeness (QED) is 0.772. The molecule has 6 heteroatoms. The predicted octanol–water partition coefficient (Wildman–Crippen LogP) is 2.46. The summed E-state index contributed by atoms with van der Waals surface area (Å²) in [4.78, 5) is 18.3. The fraction of sp³-hybridized carbons (Fsp3) is 0.571. The first-order chi connectivity index (χ1) is 9.41. The number of carbonyl (C=O) groups excluding carboxylic acids is 1. The summed E-state index contributed by atoms with van der Waals surface area (Å²) in [6.07, 6.45) is 2.70. The molecule has 1 rings (SSSR count). The summed E-state index contributed by atoms with van der Waals surface area (Å²) in [6, 6.07) is 1.78. The molecule has 0 unspecified atom stereocenters. The van der Waals surface area contributed by atoms with Gasteiger partial charge in [-0.05, 0) is 42.3 Å². The second-order valence-corrected chi connectivity index (χ2v) is 5.86. The smallest absolute Gasteiger partial charge is 0.255 e. The highest BCUT2D eigenvalue weighted by Gasteiger charge is 2.14. The number of nitrogens with zero attached hydrogens (tertiary/aromatic N) is 2. The molecule has 1 N–H and O–H groups in total. The molecular weight excluding hydrogens is 322 g/mol. The van der Waals surface area contributed by atoms with Crippen LogP contribution in [0.4, 0.5) is 5.82 Å². The summed E-state index contributed by atoms with van der Waals surface area (Å²) < 4.78 is 6.22. The zero-order valence-corrected chi connectivity index (χ0v) is 14.0. The van der Waals surface area contributed by atoms with Gasteiger partial charge in [0.1, 0.15) is 5.82 Å². The van der Waals surface area contributed by atoms with Gasteiger partial charge >= 0.3 is 0 Å². The maximum Gasteiger partial charge on any atom is 0.255 e. The molecule has 0 spiro atoms. The van der Waals surface area contributed by atoms with E-state index in [0.29, 0.717) is 24.5 Å². The minimum atomic E-state index is -0.118. The van der Waals surface area contributed by atoms with Crippen LogP contribution in [0.2, 0.25) is 0 Å². The molecular formula is C14H22BrN3O2. The van der Waals surface area contributed by atoms with E-state index in [1.807, 2.05) is 32.8 Å². The lowest BCUT2D eigenvalue weighted by atomic mass is 10.2. The van der Waals surface area contributed by atoms with Gasteiger partial charge < -0.3 is 15.0 Å². The van der Waals surface area contributed by atoms with Crippen LogP contribution in [0.3, 0.4) is 0 Å². The zero-order chi connectivity index (χ0) is 15.1. The van der Waals surface area contributed by atoms with Crippen LogP contribution in [0.5, 0.6) is 0 Å². The Morgan fingerprint density at radius 3 is 2.80 bits per heavy atom. The molecule has 0 saturated carbocycles. The lowest BCUT2D eigenvalue weighted by molar-refractivity contribution is 0.0757. The second-order valence-electron chi connectivity index (χ2n) is 4.95. The maximum atomic E-state index is 12.2. The van der Waals surface area contributed by atoms with Crippen molar-refractivity contribution in [3.63, 3.8) is 0 Å². The molecule has 0 aliphatic rings. The van der Waals surface area contributed by atoms with Gasteiger partial charge in [-0.3, -0.25) is 4.79 Å². The van der Waals surface area contributed by atoms with E-state index in [9.17, 15) is 4.79 Å². The monoisotopic (exact) mass is 343 g/mol. The Morgan fingerprint density at radius 1 is 1.50 bits per heavy atom. The van der Waals surface area contributed by atoms with Crippen LogP contribution in [-0.2, 0) is 4.74 Å². The largest absolute Gasteiger partial charge is 0.379 e. The molecule has 0 aliphatic carbocycles. The number of pyridine rings is 1. The summed E-state index contributed by atoms with van der Waals surface area (Å²) in [7, 11) is 3.73. The molecule has 0 aliphatic heterocycles. The van der Waals surface area contributed by atoms with E-state index in [4.69, 9.17) is 4.74 Å². The van der Waals surface area contributed by atoms with E-state index in [0.717, 1.165) is 10.9 Å². The van der Waals surface area contributed by atoms with Gasteiger partial charge in [0.25, 0.3) is 5.91 Å². The fourth-order valence-electron chi connectivity index (χ4n) is 1.64. The van der Waals surface area contributed by atoms with Gasteiger partial charge in [-0.15, -0.1) is 0 Å². The van der Waals surface area contributed by atoms with Crippen LogP contribution in [-0.4, -0.2) is 44.2 Å². The van der Waals surface area contributed by atoms with Crippen molar-refractivity contribution in [2.24, 2.45) is 0 Å². The maximum absolute atomic E-state index is 12.2. The number of ether oxygens (including phenoxy) is 1. The standard InChI is InChI=1S/C14H22BrN3O2/c1-10(2)20-7-5-6-16-14(19)12-8-11(15)9-17-13(12)18(3)4/h8-10H,5-7H2,1-4H3,(H,16,19). The summed E-state index contributed by atoms with van der Waals surface area (Å²) in [5.41, 5.74) is 0.564. The van der Waals surface area contributed by atoms with Crippen molar-refractivity contribution in [2.45, 2.75) is 26.4 Å². The summed E-state index contributed by atoms with van der Waals surface area (Å²) in [5, 5.41) is 2.89. The number of anilines is 1. The van der Waals surface area contributed by atoms with Gasteiger partial charge in [0.2, 0.25) is 0 Å². The normalized spacial score (nSPS) is 10.7. The van der Waals surface area contributed by atoms with Crippen molar-refractivity contribution in [3.05, 3.63) is 22.3 Å². The predicted molar refractivity (Wildman–Crippen MR) is 84.3 cm³/mol. The highest BCUT2D eigenvalue weighted by molar-refractivity contribution is 9.10. The number of nitrogens with one attached hydrogen (secondary N) is 1. The Bertz CT molecular complexity index is 450. The van der Waals surface area contributed by atoms with Crippen LogP contribution in [0, 0.1) is 0 Å². The van der Waals surface area contributed by atoms with E-state index in [1.165, 1.54) is 0 Å². The third-order valence-corrected chi connectivity index (χ3v) is 2.99. The van der Waals surface area contributed by atoms with Crippen LogP contribution in [0.25, 0.3) is 0 Å². The highest BCUT2D eigenvalue weighted by Crippen LogP contribution is 2.19. The van der Waals surface area contributed by atoms with Crippen molar-refractivity contribution < 1.29 is 9.53 Å². The highest BCUT2D eigenvalue weighted by atomic mass is 79.9. The van der Waals surface area contributed by atoms with Crippen molar-refractivity contribution in [2.75, 3.05) is 32.1 Å². The molecule has 1 aromatic rings. The van der Waals surface area contributed by atoms with Crippen LogP contribution >= 0.6 is 15.9 Å². The van der Waals surface area contributed by atoms with Gasteiger partial charge in [0.05, 0.1) is 11.7 Å². The third kappa shape index (κ3) is 5.46. The van der Waals surface area contributed by atoms with Crippen LogP contribution < -0.4 is 10.2 Å². The van der Waals surface area contributed by atoms with Crippen molar-refractivity contribution in [1.82, 2.24) is 10.3 Å². The Hall–Kier alpha value is -1.14. The van der Waals surface area contributed by atoms with E-state index >= 15 is 0 Å². The topological polar surface area (TPSA) is 54.5 Å². The van der Waals surface area contributed by atoms with E-state index in [2.05, 4.69) is 26.2 Å². The molecule has 0 fully saturated rings. The molecule has 0 bridgehead atoms. The molecule has 112 valence electrons. The van der Waals surface area contributed by atoms with Gasteiger partial charge in [0, 0.05) is 37.9 Å². The molecule has 0 radical (unpaired) electrons. The zero-order valence-electron chi connectivity index (χ0n) is 12.4. The Kier molecular flexibility index (Phi) is 6.95. The first-order valence-corrected chi connectivity index (χ1v) is 7.43. The van der Waals surface area contributed by atoms with Crippen LogP contribution in [0.1, 0.15) is 30.6 Å². The molecule has 0 atom stereocenters. The average molecular weight is 344 g/mol. The summed E-state index contributed by atoms with van der Waals surface area (Å²) in [6.45, 7) is 5.23. The van der Waals surface area contributed by atoms with E-state index in [1.54, 1.807) is 12.3 Å². The minimum absolute atomic E-state index is 0.118. The van der Waals surface area contributed by atoms with E-state index in [-0.39, 0.29) is 12.0 Å². The van der Waals surface area contributed by atoms with Gasteiger partial charge in [0.15, 0.2) is 0 Å². The fourth-order valence-corrected chi connectivity index (χ4v) is 1.98. The molecule has 0 aromatic carbocycles. The number of halogens is 1. The minimum Gasteiger partial charge on any atom is -0.379 e. The second kappa shape index (κ2) is 8.21. The number of hydrogen-bond acceptors (Lipinski definition) is 4. The Balaban J connectivity index is 2.56. The number of hydrogen-bond donors (Lipinski definition) is 1. The van der Waals surface area contributed by atoms with Crippen LogP contribution in [0.15, 0.2) is 16.7 Å². The molecule has 20 heavy (non-hydrogen) atoms. The van der Waals surface area contributed by atoms with Gasteiger partial charge in [-0.1, -0.05) is 0 Å². The van der Waals surface area contributed by atoms with Gasteiger partial charge in [-0.2, -0.15) is 0 Å². The number of carbonyl (C=O) groups is 1. The summed E-state index contributed by atoms with van der Waals surface area (Å²) >= 11 is 3.34. The lowest BCUT2D eigenvalue weighted by Crippen LogP contribution is -2.28. The molecule has 1 amide bonds. The number of amides is 1. The van der Waals surface area contributed by atoms with Crippen molar-refractivity contribution >= 4 is 27.7 Å². The average Bonchev–Trinajstić information content (AvgIpc) is 2.37. The summed E-state index contributed by atoms with van der Waals surface area (Å²) in [5.74, 6) is 0.538. The molecule has 5 nitrogen and oxygen atoms in total. The SMILES string of the molecule is CC(C)OCCCNC(=O)c1cc(Br)cnc1N(C)C. The first-order valence-electron chi connectivity index (χ1n) is 6.64. The molecule has 1 heterocycles.